The van der Waals surface area contributed by atoms with Crippen molar-refractivity contribution in [3.63, 3.8) is 0 Å². The number of piperidine rings is 1. The van der Waals surface area contributed by atoms with E-state index >= 15 is 0 Å². The summed E-state index contributed by atoms with van der Waals surface area (Å²) in [7, 11) is 0. The highest BCUT2D eigenvalue weighted by Gasteiger charge is 2.29. The number of piperazine rings is 1. The van der Waals surface area contributed by atoms with Crippen molar-refractivity contribution in [3.05, 3.63) is 65.4 Å². The van der Waals surface area contributed by atoms with Crippen LogP contribution in [-0.2, 0) is 0 Å². The molecule has 2 aliphatic rings. The topological polar surface area (TPSA) is 57.0 Å². The number of amides is 2. The third-order valence-corrected chi connectivity index (χ3v) is 7.42. The summed E-state index contributed by atoms with van der Waals surface area (Å²) < 4.78 is 5.23. The molecule has 6 nitrogen and oxygen atoms in total. The van der Waals surface area contributed by atoms with Gasteiger partial charge in [-0.05, 0) is 43.0 Å². The average Bonchev–Trinajstić information content (AvgIpc) is 3.55. The number of hydrogen-bond donors (Lipinski definition) is 0. The van der Waals surface area contributed by atoms with Crippen LogP contribution in [-0.4, -0.2) is 60.9 Å². The van der Waals surface area contributed by atoms with Crippen molar-refractivity contribution >= 4 is 28.2 Å². The third-order valence-electron chi connectivity index (χ3n) is 6.24. The Morgan fingerprint density at radius 3 is 2.12 bits per heavy atom. The molecule has 5 rings (SSSR count). The van der Waals surface area contributed by atoms with Crippen LogP contribution in [0.15, 0.2) is 59.2 Å². The number of benzene rings is 1. The average molecular weight is 450 g/mol. The van der Waals surface area contributed by atoms with Gasteiger partial charge in [0.1, 0.15) is 0 Å². The maximum atomic E-state index is 13.4. The smallest absolute Gasteiger partial charge is 0.289 e. The van der Waals surface area contributed by atoms with Crippen LogP contribution in [0.3, 0.4) is 0 Å². The lowest BCUT2D eigenvalue weighted by Gasteiger charge is -2.34. The first-order valence-electron chi connectivity index (χ1n) is 11.3. The van der Waals surface area contributed by atoms with Gasteiger partial charge in [0.05, 0.1) is 16.1 Å². The number of thiophene rings is 1. The molecule has 32 heavy (non-hydrogen) atoms. The monoisotopic (exact) mass is 449 g/mol. The van der Waals surface area contributed by atoms with Gasteiger partial charge < -0.3 is 19.1 Å². The van der Waals surface area contributed by atoms with Gasteiger partial charge in [-0.15, -0.1) is 11.3 Å². The van der Waals surface area contributed by atoms with E-state index in [-0.39, 0.29) is 11.8 Å². The fourth-order valence-electron chi connectivity index (χ4n) is 4.47. The fourth-order valence-corrected chi connectivity index (χ4v) is 5.67. The molecule has 0 bridgehead atoms. The second-order valence-electron chi connectivity index (χ2n) is 8.30. The maximum Gasteiger partial charge on any atom is 0.289 e. The quantitative estimate of drug-likeness (QED) is 0.584. The Balaban J connectivity index is 1.34. The molecule has 3 aromatic rings. The van der Waals surface area contributed by atoms with Crippen LogP contribution in [0.1, 0.15) is 39.5 Å². The van der Waals surface area contributed by atoms with Crippen LogP contribution >= 0.6 is 11.3 Å². The third kappa shape index (κ3) is 4.17. The normalized spacial score (nSPS) is 16.9. The zero-order valence-electron chi connectivity index (χ0n) is 18.0. The molecule has 2 amide bonds. The van der Waals surface area contributed by atoms with Crippen molar-refractivity contribution in [2.75, 3.05) is 44.2 Å². The van der Waals surface area contributed by atoms with Gasteiger partial charge in [-0.3, -0.25) is 9.59 Å². The van der Waals surface area contributed by atoms with E-state index in [4.69, 9.17) is 4.42 Å². The van der Waals surface area contributed by atoms with Crippen LogP contribution in [0.25, 0.3) is 11.1 Å². The summed E-state index contributed by atoms with van der Waals surface area (Å²) in [5.41, 5.74) is 2.30. The SMILES string of the molecule is O=C(c1ccco1)N1CCN(C(=O)c2cc(-c3ccccc3)c(N3CCCCC3)s2)CC1. The molecular formula is C25H27N3O3S. The number of hydrogen-bond acceptors (Lipinski definition) is 5. The molecule has 2 saturated heterocycles. The first kappa shape index (κ1) is 20.8. The molecule has 7 heteroatoms. The molecule has 166 valence electrons. The van der Waals surface area contributed by atoms with Crippen LogP contribution in [0.5, 0.6) is 0 Å². The molecule has 0 aliphatic carbocycles. The predicted octanol–water partition coefficient (Wildman–Crippen LogP) is 4.60. The number of rotatable bonds is 4. The van der Waals surface area contributed by atoms with Crippen molar-refractivity contribution in [1.29, 1.82) is 0 Å². The zero-order valence-corrected chi connectivity index (χ0v) is 18.9. The Labute approximate surface area is 192 Å². The van der Waals surface area contributed by atoms with Gasteiger partial charge in [0.15, 0.2) is 5.76 Å². The van der Waals surface area contributed by atoms with Crippen LogP contribution in [0.2, 0.25) is 0 Å². The second kappa shape index (κ2) is 9.20. The van der Waals surface area contributed by atoms with Gasteiger partial charge in [0.2, 0.25) is 0 Å². The predicted molar refractivity (Wildman–Crippen MR) is 126 cm³/mol. The lowest BCUT2D eigenvalue weighted by Crippen LogP contribution is -2.50. The summed E-state index contributed by atoms with van der Waals surface area (Å²) in [6.07, 6.45) is 5.17. The lowest BCUT2D eigenvalue weighted by atomic mass is 10.1. The van der Waals surface area contributed by atoms with Gasteiger partial charge in [0, 0.05) is 44.8 Å². The summed E-state index contributed by atoms with van der Waals surface area (Å²) in [5.74, 6) is 0.291. The van der Waals surface area contributed by atoms with Crippen molar-refractivity contribution in [2.45, 2.75) is 19.3 Å². The second-order valence-corrected chi connectivity index (χ2v) is 9.34. The molecule has 4 heterocycles. The molecular weight excluding hydrogens is 422 g/mol. The molecule has 0 spiro atoms. The van der Waals surface area contributed by atoms with Gasteiger partial charge in [-0.25, -0.2) is 0 Å². The van der Waals surface area contributed by atoms with Crippen molar-refractivity contribution < 1.29 is 14.0 Å². The minimum absolute atomic E-state index is 0.0561. The van der Waals surface area contributed by atoms with Gasteiger partial charge in [-0.1, -0.05) is 30.3 Å². The molecule has 0 radical (unpaired) electrons. The molecule has 2 aromatic heterocycles. The number of nitrogens with zero attached hydrogens (tertiary/aromatic N) is 3. The molecule has 0 N–H and O–H groups in total. The van der Waals surface area contributed by atoms with Crippen molar-refractivity contribution in [2.24, 2.45) is 0 Å². The Kier molecular flexibility index (Phi) is 5.99. The minimum Gasteiger partial charge on any atom is -0.459 e. The van der Waals surface area contributed by atoms with Gasteiger partial charge in [-0.2, -0.15) is 0 Å². The largest absolute Gasteiger partial charge is 0.459 e. The van der Waals surface area contributed by atoms with Gasteiger partial charge in [0.25, 0.3) is 11.8 Å². The standard InChI is InChI=1S/C25H27N3O3S/c29-23(21-10-7-17-31-21)26-13-15-27(16-14-26)24(30)22-18-20(19-8-3-1-4-9-19)25(32-22)28-11-5-2-6-12-28/h1,3-4,7-10,17-18H,2,5-6,11-16H2. The number of furan rings is 1. The zero-order chi connectivity index (χ0) is 21.9. The summed E-state index contributed by atoms with van der Waals surface area (Å²) in [6, 6.07) is 15.8. The number of carbonyl (C=O) groups excluding carboxylic acids is 2. The first-order valence-corrected chi connectivity index (χ1v) is 12.1. The fraction of sp³-hybridized carbons (Fsp3) is 0.360. The van der Waals surface area contributed by atoms with E-state index < -0.39 is 0 Å². The van der Waals surface area contributed by atoms with Crippen LogP contribution < -0.4 is 4.90 Å². The maximum absolute atomic E-state index is 13.4. The number of anilines is 1. The summed E-state index contributed by atoms with van der Waals surface area (Å²) in [6.45, 7) is 4.18. The Morgan fingerprint density at radius 1 is 0.781 bits per heavy atom. The Hall–Kier alpha value is -3.06. The molecule has 2 fully saturated rings. The van der Waals surface area contributed by atoms with Crippen LogP contribution in [0.4, 0.5) is 5.00 Å². The number of carbonyl (C=O) groups is 2. The van der Waals surface area contributed by atoms with E-state index in [0.717, 1.165) is 29.1 Å². The highest BCUT2D eigenvalue weighted by atomic mass is 32.1. The highest BCUT2D eigenvalue weighted by Crippen LogP contribution is 2.40. The van der Waals surface area contributed by atoms with Crippen molar-refractivity contribution in [3.8, 4) is 11.1 Å². The molecule has 2 aliphatic heterocycles. The lowest BCUT2D eigenvalue weighted by molar-refractivity contribution is 0.0520. The van der Waals surface area contributed by atoms with Crippen LogP contribution in [0, 0.1) is 0 Å². The molecule has 0 unspecified atom stereocenters. The van der Waals surface area contributed by atoms with E-state index in [1.165, 1.54) is 30.5 Å². The molecule has 0 atom stereocenters. The minimum atomic E-state index is -0.114. The van der Waals surface area contributed by atoms with E-state index in [9.17, 15) is 9.59 Å². The van der Waals surface area contributed by atoms with E-state index in [1.807, 2.05) is 23.1 Å². The Morgan fingerprint density at radius 2 is 1.47 bits per heavy atom. The highest BCUT2D eigenvalue weighted by molar-refractivity contribution is 7.18. The summed E-state index contributed by atoms with van der Waals surface area (Å²) in [4.78, 5) is 32.7. The Bertz CT molecular complexity index is 1060. The van der Waals surface area contributed by atoms with E-state index in [1.54, 1.807) is 28.4 Å². The summed E-state index contributed by atoms with van der Waals surface area (Å²) >= 11 is 1.61. The first-order chi connectivity index (χ1) is 15.7. The molecule has 1 aromatic carbocycles. The van der Waals surface area contributed by atoms with Gasteiger partial charge >= 0.3 is 0 Å². The molecule has 0 saturated carbocycles. The van der Waals surface area contributed by atoms with E-state index in [2.05, 4.69) is 23.1 Å². The summed E-state index contributed by atoms with van der Waals surface area (Å²) in [5, 5.41) is 1.20. The van der Waals surface area contributed by atoms with Crippen molar-refractivity contribution in [1.82, 2.24) is 9.80 Å². The van der Waals surface area contributed by atoms with E-state index in [0.29, 0.717) is 31.9 Å².